The predicted molar refractivity (Wildman–Crippen MR) is 75.7 cm³/mol. The lowest BCUT2D eigenvalue weighted by Gasteiger charge is -2.27. The largest absolute Gasteiger partial charge is 0.314 e. The normalized spacial score (nSPS) is 15.3. The third kappa shape index (κ3) is 4.78. The number of nitro groups is 1. The summed E-state index contributed by atoms with van der Waals surface area (Å²) in [5, 5.41) is 13.9. The molecule has 1 fully saturated rings. The van der Waals surface area contributed by atoms with Crippen molar-refractivity contribution in [2.45, 2.75) is 6.54 Å². The van der Waals surface area contributed by atoms with Crippen LogP contribution in [-0.4, -0.2) is 36.0 Å². The molecule has 2 rings (SSSR count). The van der Waals surface area contributed by atoms with E-state index in [1.165, 1.54) is 6.07 Å². The third-order valence-electron chi connectivity index (χ3n) is 2.74. The SMILES string of the molecule is Cl.Cl.O=[N+]([O-])c1cccc(CN2CCNCC2)c1. The van der Waals surface area contributed by atoms with Crippen molar-refractivity contribution >= 4 is 30.5 Å². The van der Waals surface area contributed by atoms with Crippen LogP contribution in [0.4, 0.5) is 5.69 Å². The zero-order valence-corrected chi connectivity index (χ0v) is 11.5. The Kier molecular flexibility index (Phi) is 7.86. The van der Waals surface area contributed by atoms with Crippen LogP contribution >= 0.6 is 24.8 Å². The predicted octanol–water partition coefficient (Wildman–Crippen LogP) is 1.84. The molecule has 0 aliphatic carbocycles. The number of benzene rings is 1. The van der Waals surface area contributed by atoms with E-state index in [4.69, 9.17) is 0 Å². The van der Waals surface area contributed by atoms with Crippen molar-refractivity contribution in [3.8, 4) is 0 Å². The molecule has 5 nitrogen and oxygen atoms in total. The minimum atomic E-state index is -0.346. The van der Waals surface area contributed by atoms with E-state index in [0.717, 1.165) is 38.3 Å². The first kappa shape index (κ1) is 17.1. The van der Waals surface area contributed by atoms with Gasteiger partial charge >= 0.3 is 0 Å². The Labute approximate surface area is 119 Å². The minimum Gasteiger partial charge on any atom is -0.314 e. The van der Waals surface area contributed by atoms with Crippen molar-refractivity contribution in [2.24, 2.45) is 0 Å². The van der Waals surface area contributed by atoms with Gasteiger partial charge in [-0.25, -0.2) is 0 Å². The van der Waals surface area contributed by atoms with Gasteiger partial charge in [-0.05, 0) is 5.56 Å². The fourth-order valence-corrected chi connectivity index (χ4v) is 1.90. The quantitative estimate of drug-likeness (QED) is 0.682. The highest BCUT2D eigenvalue weighted by atomic mass is 35.5. The average molecular weight is 294 g/mol. The van der Waals surface area contributed by atoms with E-state index in [2.05, 4.69) is 10.2 Å². The summed E-state index contributed by atoms with van der Waals surface area (Å²) in [6.45, 7) is 4.79. The highest BCUT2D eigenvalue weighted by molar-refractivity contribution is 5.85. The van der Waals surface area contributed by atoms with Gasteiger partial charge in [0.25, 0.3) is 5.69 Å². The molecule has 1 aromatic carbocycles. The first-order valence-corrected chi connectivity index (χ1v) is 5.42. The number of non-ortho nitro benzene ring substituents is 1. The summed E-state index contributed by atoms with van der Waals surface area (Å²) in [6, 6.07) is 6.87. The van der Waals surface area contributed by atoms with Gasteiger partial charge in [-0.3, -0.25) is 15.0 Å². The Hall–Kier alpha value is -0.880. The van der Waals surface area contributed by atoms with Crippen molar-refractivity contribution in [1.29, 1.82) is 0 Å². The highest BCUT2D eigenvalue weighted by Gasteiger charge is 2.11. The van der Waals surface area contributed by atoms with Crippen molar-refractivity contribution in [1.82, 2.24) is 10.2 Å². The first-order chi connectivity index (χ1) is 7.75. The number of nitrogens with zero attached hydrogens (tertiary/aromatic N) is 2. The maximum Gasteiger partial charge on any atom is 0.269 e. The second-order valence-electron chi connectivity index (χ2n) is 3.95. The molecule has 0 spiro atoms. The summed E-state index contributed by atoms with van der Waals surface area (Å²) in [5.74, 6) is 0. The van der Waals surface area contributed by atoms with Gasteiger partial charge in [-0.15, -0.1) is 24.8 Å². The van der Waals surface area contributed by atoms with Crippen LogP contribution in [0.2, 0.25) is 0 Å². The fourth-order valence-electron chi connectivity index (χ4n) is 1.90. The Bertz CT molecular complexity index is 384. The molecular formula is C11H17Cl2N3O2. The van der Waals surface area contributed by atoms with E-state index in [-0.39, 0.29) is 35.4 Å². The molecule has 1 N–H and O–H groups in total. The Morgan fingerprint density at radius 2 is 1.94 bits per heavy atom. The number of halogens is 2. The smallest absolute Gasteiger partial charge is 0.269 e. The molecular weight excluding hydrogens is 277 g/mol. The van der Waals surface area contributed by atoms with Gasteiger partial charge in [0.1, 0.15) is 0 Å². The summed E-state index contributed by atoms with van der Waals surface area (Å²) in [4.78, 5) is 12.6. The van der Waals surface area contributed by atoms with Crippen LogP contribution in [0.5, 0.6) is 0 Å². The molecule has 0 aromatic heterocycles. The zero-order valence-electron chi connectivity index (χ0n) is 9.87. The highest BCUT2D eigenvalue weighted by Crippen LogP contribution is 2.14. The molecule has 102 valence electrons. The summed E-state index contributed by atoms with van der Waals surface area (Å²) < 4.78 is 0. The van der Waals surface area contributed by atoms with E-state index >= 15 is 0 Å². The van der Waals surface area contributed by atoms with Gasteiger partial charge in [0.15, 0.2) is 0 Å². The van der Waals surface area contributed by atoms with Crippen molar-refractivity contribution in [3.63, 3.8) is 0 Å². The monoisotopic (exact) mass is 293 g/mol. The topological polar surface area (TPSA) is 58.4 Å². The second kappa shape index (κ2) is 8.26. The molecule has 1 aliphatic rings. The molecule has 0 amide bonds. The summed E-state index contributed by atoms with van der Waals surface area (Å²) in [6.07, 6.45) is 0. The van der Waals surface area contributed by atoms with Crippen LogP contribution in [0.25, 0.3) is 0 Å². The minimum absolute atomic E-state index is 0. The lowest BCUT2D eigenvalue weighted by molar-refractivity contribution is -0.384. The molecule has 0 bridgehead atoms. The first-order valence-electron chi connectivity index (χ1n) is 5.42. The molecule has 7 heteroatoms. The maximum atomic E-state index is 10.6. The van der Waals surface area contributed by atoms with Crippen LogP contribution in [-0.2, 0) is 6.54 Å². The average Bonchev–Trinajstić information content (AvgIpc) is 2.30. The number of hydrogen-bond donors (Lipinski definition) is 1. The van der Waals surface area contributed by atoms with Crippen LogP contribution < -0.4 is 5.32 Å². The van der Waals surface area contributed by atoms with E-state index in [9.17, 15) is 10.1 Å². The summed E-state index contributed by atoms with van der Waals surface area (Å²) in [7, 11) is 0. The maximum absolute atomic E-state index is 10.6. The molecule has 1 saturated heterocycles. The van der Waals surface area contributed by atoms with Crippen LogP contribution in [0.15, 0.2) is 24.3 Å². The van der Waals surface area contributed by atoms with Crippen LogP contribution in [0.1, 0.15) is 5.56 Å². The molecule has 0 saturated carbocycles. The van der Waals surface area contributed by atoms with E-state index in [1.807, 2.05) is 6.07 Å². The molecule has 0 unspecified atom stereocenters. The van der Waals surface area contributed by atoms with Gasteiger partial charge < -0.3 is 5.32 Å². The van der Waals surface area contributed by atoms with Gasteiger partial charge in [0.2, 0.25) is 0 Å². The van der Waals surface area contributed by atoms with Crippen molar-refractivity contribution < 1.29 is 4.92 Å². The molecule has 18 heavy (non-hydrogen) atoms. The number of rotatable bonds is 3. The van der Waals surface area contributed by atoms with Gasteiger partial charge in [-0.2, -0.15) is 0 Å². The lowest BCUT2D eigenvalue weighted by atomic mass is 10.2. The van der Waals surface area contributed by atoms with Crippen molar-refractivity contribution in [3.05, 3.63) is 39.9 Å². The third-order valence-corrected chi connectivity index (χ3v) is 2.74. The second-order valence-corrected chi connectivity index (χ2v) is 3.95. The summed E-state index contributed by atoms with van der Waals surface area (Å²) in [5.41, 5.74) is 1.18. The molecule has 1 aliphatic heterocycles. The number of piperazine rings is 1. The number of nitro benzene ring substituents is 1. The molecule has 1 aromatic rings. The van der Waals surface area contributed by atoms with E-state index in [0.29, 0.717) is 0 Å². The van der Waals surface area contributed by atoms with Crippen LogP contribution in [0.3, 0.4) is 0 Å². The van der Waals surface area contributed by atoms with Crippen LogP contribution in [0, 0.1) is 10.1 Å². The number of nitrogens with one attached hydrogen (secondary N) is 1. The molecule has 0 atom stereocenters. The molecule has 0 radical (unpaired) electrons. The van der Waals surface area contributed by atoms with E-state index in [1.54, 1.807) is 12.1 Å². The number of hydrogen-bond acceptors (Lipinski definition) is 4. The van der Waals surface area contributed by atoms with Gasteiger partial charge in [-0.1, -0.05) is 12.1 Å². The van der Waals surface area contributed by atoms with E-state index < -0.39 is 0 Å². The Morgan fingerprint density at radius 3 is 2.56 bits per heavy atom. The lowest BCUT2D eigenvalue weighted by Crippen LogP contribution is -2.42. The summed E-state index contributed by atoms with van der Waals surface area (Å²) >= 11 is 0. The fraction of sp³-hybridized carbons (Fsp3) is 0.455. The van der Waals surface area contributed by atoms with Crippen molar-refractivity contribution in [2.75, 3.05) is 26.2 Å². The van der Waals surface area contributed by atoms with Gasteiger partial charge in [0, 0.05) is 44.9 Å². The zero-order chi connectivity index (χ0) is 11.4. The standard InChI is InChI=1S/C11H15N3O2.2ClH/c15-14(16)11-3-1-2-10(8-11)9-13-6-4-12-5-7-13;;/h1-3,8,12H,4-7,9H2;2*1H. The Balaban J connectivity index is 0.00000144. The molecule has 1 heterocycles. The Morgan fingerprint density at radius 1 is 1.28 bits per heavy atom. The van der Waals surface area contributed by atoms with Gasteiger partial charge in [0.05, 0.1) is 4.92 Å².